The molecule has 0 saturated carbocycles. The molecule has 96 valence electrons. The van der Waals surface area contributed by atoms with Crippen molar-refractivity contribution < 1.29 is 14.6 Å². The Kier molecular flexibility index (Phi) is 5.97. The number of hydrogen-bond acceptors (Lipinski definition) is 4. The van der Waals surface area contributed by atoms with Crippen molar-refractivity contribution in [3.63, 3.8) is 0 Å². The van der Waals surface area contributed by atoms with Gasteiger partial charge in [-0.25, -0.2) is 0 Å². The maximum atomic E-state index is 8.71. The van der Waals surface area contributed by atoms with Crippen molar-refractivity contribution >= 4 is 0 Å². The number of ether oxygens (including phenoxy) is 2. The normalized spacial score (nSPS) is 12.5. The van der Waals surface area contributed by atoms with Crippen molar-refractivity contribution in [2.45, 2.75) is 19.4 Å². The lowest BCUT2D eigenvalue weighted by molar-refractivity contribution is 0.0488. The van der Waals surface area contributed by atoms with Crippen LogP contribution in [-0.2, 0) is 4.74 Å². The minimum Gasteiger partial charge on any atom is -0.496 e. The SMILES string of the molecule is COc1ccc(C(CN)OCCCO)cc1C. The van der Waals surface area contributed by atoms with Crippen molar-refractivity contribution in [2.24, 2.45) is 5.73 Å². The number of aliphatic hydroxyl groups is 1. The molecule has 1 atom stereocenters. The van der Waals surface area contributed by atoms with Crippen LogP contribution in [0.15, 0.2) is 18.2 Å². The molecule has 4 nitrogen and oxygen atoms in total. The topological polar surface area (TPSA) is 64.7 Å². The van der Waals surface area contributed by atoms with Crippen molar-refractivity contribution in [3.8, 4) is 5.75 Å². The molecular formula is C13H21NO3. The van der Waals surface area contributed by atoms with E-state index in [9.17, 15) is 0 Å². The van der Waals surface area contributed by atoms with Crippen LogP contribution in [0.1, 0.15) is 23.7 Å². The Hall–Kier alpha value is -1.10. The minimum absolute atomic E-state index is 0.119. The van der Waals surface area contributed by atoms with Crippen LogP contribution in [0.3, 0.4) is 0 Å². The summed E-state index contributed by atoms with van der Waals surface area (Å²) in [6.07, 6.45) is 0.511. The third-order valence-electron chi connectivity index (χ3n) is 2.63. The summed E-state index contributed by atoms with van der Waals surface area (Å²) in [6.45, 7) is 3.07. The number of benzene rings is 1. The molecule has 1 aromatic carbocycles. The predicted octanol–water partition coefficient (Wildman–Crippen LogP) is 1.40. The fourth-order valence-corrected chi connectivity index (χ4v) is 1.69. The van der Waals surface area contributed by atoms with E-state index in [-0.39, 0.29) is 12.7 Å². The maximum absolute atomic E-state index is 8.71. The van der Waals surface area contributed by atoms with Gasteiger partial charge in [0.05, 0.1) is 13.2 Å². The molecule has 3 N–H and O–H groups in total. The van der Waals surface area contributed by atoms with Gasteiger partial charge in [0.15, 0.2) is 0 Å². The van der Waals surface area contributed by atoms with Gasteiger partial charge in [-0.15, -0.1) is 0 Å². The molecule has 0 saturated heterocycles. The molecule has 0 spiro atoms. The van der Waals surface area contributed by atoms with Crippen LogP contribution in [0.5, 0.6) is 5.75 Å². The maximum Gasteiger partial charge on any atom is 0.121 e. The van der Waals surface area contributed by atoms with Gasteiger partial charge >= 0.3 is 0 Å². The van der Waals surface area contributed by atoms with Gasteiger partial charge in [0.2, 0.25) is 0 Å². The summed E-state index contributed by atoms with van der Waals surface area (Å²) in [6, 6.07) is 5.90. The molecule has 17 heavy (non-hydrogen) atoms. The summed E-state index contributed by atoms with van der Waals surface area (Å²) in [5.74, 6) is 0.861. The standard InChI is InChI=1S/C13H21NO3/c1-10-8-11(4-5-12(10)16-2)13(9-14)17-7-3-6-15/h4-5,8,13,15H,3,6-7,9,14H2,1-2H3. The van der Waals surface area contributed by atoms with Gasteiger partial charge in [0, 0.05) is 19.8 Å². The van der Waals surface area contributed by atoms with Crippen LogP contribution in [0.4, 0.5) is 0 Å². The summed E-state index contributed by atoms with van der Waals surface area (Å²) in [5, 5.41) is 8.71. The average molecular weight is 239 g/mol. The van der Waals surface area contributed by atoms with Crippen molar-refractivity contribution in [2.75, 3.05) is 26.9 Å². The molecule has 1 aromatic rings. The highest BCUT2D eigenvalue weighted by atomic mass is 16.5. The number of rotatable bonds is 7. The Labute approximate surface area is 102 Å². The summed E-state index contributed by atoms with van der Waals surface area (Å²) >= 11 is 0. The van der Waals surface area contributed by atoms with Crippen LogP contribution in [-0.4, -0.2) is 32.0 Å². The van der Waals surface area contributed by atoms with Crippen LogP contribution in [0.2, 0.25) is 0 Å². The Bertz CT molecular complexity index is 341. The smallest absolute Gasteiger partial charge is 0.121 e. The molecule has 0 fully saturated rings. The zero-order chi connectivity index (χ0) is 12.7. The second kappa shape index (κ2) is 7.27. The second-order valence-corrected chi connectivity index (χ2v) is 3.90. The van der Waals surface area contributed by atoms with Gasteiger partial charge in [-0.3, -0.25) is 0 Å². The highest BCUT2D eigenvalue weighted by Gasteiger charge is 2.11. The molecule has 4 heteroatoms. The number of aryl methyl sites for hydroxylation is 1. The van der Waals surface area contributed by atoms with E-state index < -0.39 is 0 Å². The lowest BCUT2D eigenvalue weighted by Crippen LogP contribution is -2.17. The quantitative estimate of drug-likeness (QED) is 0.706. The summed E-state index contributed by atoms with van der Waals surface area (Å²) in [4.78, 5) is 0. The van der Waals surface area contributed by atoms with Crippen LogP contribution >= 0.6 is 0 Å². The Balaban J connectivity index is 2.71. The molecule has 0 aromatic heterocycles. The van der Waals surface area contributed by atoms with Crippen LogP contribution in [0.25, 0.3) is 0 Å². The first kappa shape index (κ1) is 14.0. The predicted molar refractivity (Wildman–Crippen MR) is 67.2 cm³/mol. The van der Waals surface area contributed by atoms with Gasteiger partial charge in [0.25, 0.3) is 0 Å². The molecule has 0 amide bonds. The van der Waals surface area contributed by atoms with Gasteiger partial charge < -0.3 is 20.3 Å². The first-order valence-electron chi connectivity index (χ1n) is 5.80. The fourth-order valence-electron chi connectivity index (χ4n) is 1.69. The lowest BCUT2D eigenvalue weighted by Gasteiger charge is -2.17. The van der Waals surface area contributed by atoms with Gasteiger partial charge in [0.1, 0.15) is 5.75 Å². The molecule has 0 aliphatic heterocycles. The highest BCUT2D eigenvalue weighted by molar-refractivity contribution is 5.37. The number of aliphatic hydroxyl groups excluding tert-OH is 1. The Morgan fingerprint density at radius 3 is 2.71 bits per heavy atom. The minimum atomic E-state index is -0.119. The molecule has 1 unspecified atom stereocenters. The third-order valence-corrected chi connectivity index (χ3v) is 2.63. The molecular weight excluding hydrogens is 218 g/mol. The molecule has 0 aliphatic carbocycles. The average Bonchev–Trinajstić information content (AvgIpc) is 2.35. The molecule has 0 heterocycles. The summed E-state index contributed by atoms with van der Waals surface area (Å²) in [7, 11) is 1.65. The van der Waals surface area contributed by atoms with Crippen LogP contribution < -0.4 is 10.5 Å². The van der Waals surface area contributed by atoms with E-state index in [1.807, 2.05) is 25.1 Å². The number of hydrogen-bond donors (Lipinski definition) is 2. The summed E-state index contributed by atoms with van der Waals surface area (Å²) < 4.78 is 10.8. The zero-order valence-corrected chi connectivity index (χ0v) is 10.5. The van der Waals surface area contributed by atoms with Gasteiger partial charge in [-0.2, -0.15) is 0 Å². The fraction of sp³-hybridized carbons (Fsp3) is 0.538. The highest BCUT2D eigenvalue weighted by Crippen LogP contribution is 2.24. The van der Waals surface area contributed by atoms with Gasteiger partial charge in [-0.05, 0) is 36.6 Å². The van der Waals surface area contributed by atoms with E-state index in [2.05, 4.69) is 0 Å². The number of nitrogens with two attached hydrogens (primary N) is 1. The third kappa shape index (κ3) is 4.00. The monoisotopic (exact) mass is 239 g/mol. The zero-order valence-electron chi connectivity index (χ0n) is 10.5. The summed E-state index contributed by atoms with van der Waals surface area (Å²) in [5.41, 5.74) is 7.80. The second-order valence-electron chi connectivity index (χ2n) is 3.90. The van der Waals surface area contributed by atoms with E-state index in [0.29, 0.717) is 19.6 Å². The molecule has 0 bridgehead atoms. The Morgan fingerprint density at radius 1 is 1.41 bits per heavy atom. The largest absolute Gasteiger partial charge is 0.496 e. The first-order chi connectivity index (χ1) is 8.22. The lowest BCUT2D eigenvalue weighted by atomic mass is 10.1. The van der Waals surface area contributed by atoms with E-state index in [0.717, 1.165) is 16.9 Å². The molecule has 0 radical (unpaired) electrons. The number of methoxy groups -OCH3 is 1. The van der Waals surface area contributed by atoms with Crippen LogP contribution in [0, 0.1) is 6.92 Å². The first-order valence-corrected chi connectivity index (χ1v) is 5.80. The van der Waals surface area contributed by atoms with E-state index in [4.69, 9.17) is 20.3 Å². The van der Waals surface area contributed by atoms with E-state index >= 15 is 0 Å². The van der Waals surface area contributed by atoms with E-state index in [1.54, 1.807) is 7.11 Å². The van der Waals surface area contributed by atoms with Gasteiger partial charge in [-0.1, -0.05) is 6.07 Å². The molecule has 0 aliphatic rings. The van der Waals surface area contributed by atoms with E-state index in [1.165, 1.54) is 0 Å². The Morgan fingerprint density at radius 2 is 2.18 bits per heavy atom. The van der Waals surface area contributed by atoms with Crippen molar-refractivity contribution in [1.29, 1.82) is 0 Å². The molecule has 1 rings (SSSR count). The van der Waals surface area contributed by atoms with Crippen molar-refractivity contribution in [1.82, 2.24) is 0 Å². The van der Waals surface area contributed by atoms with Crippen molar-refractivity contribution in [3.05, 3.63) is 29.3 Å².